The Morgan fingerprint density at radius 3 is 2.31 bits per heavy atom. The van der Waals surface area contributed by atoms with E-state index >= 15 is 0 Å². The number of hydrogen-bond donors (Lipinski definition) is 1. The van der Waals surface area contributed by atoms with Crippen molar-refractivity contribution < 1.29 is 21.6 Å². The average Bonchev–Trinajstić information content (AvgIpc) is 2.19. The molecule has 76 valence electrons. The monoisotopic (exact) mass is 401 g/mol. The van der Waals surface area contributed by atoms with Gasteiger partial charge in [0.15, 0.2) is 0 Å². The first-order chi connectivity index (χ1) is 6.26. The summed E-state index contributed by atoms with van der Waals surface area (Å²) in [6.45, 7) is 0. The summed E-state index contributed by atoms with van der Waals surface area (Å²) in [6.07, 6.45) is 3.02. The Kier molecular flexibility index (Phi) is 8.10. The van der Waals surface area contributed by atoms with Crippen molar-refractivity contribution in [2.24, 2.45) is 10.9 Å². The summed E-state index contributed by atoms with van der Waals surface area (Å²) in [4.78, 5) is 3.73. The molecule has 0 saturated carbocycles. The van der Waals surface area contributed by atoms with Crippen molar-refractivity contribution in [1.82, 2.24) is 4.98 Å². The third-order valence-corrected chi connectivity index (χ3v) is 1.04. The van der Waals surface area contributed by atoms with Crippen molar-refractivity contribution in [1.29, 1.82) is 0 Å². The first-order valence-electron chi connectivity index (χ1n) is 2.94. The van der Waals surface area contributed by atoms with Gasteiger partial charge in [0.05, 0.1) is 0 Å². The molecule has 0 saturated heterocycles. The van der Waals surface area contributed by atoms with E-state index in [1.54, 1.807) is 12.1 Å². The second-order valence-electron chi connectivity index (χ2n) is 1.72. The van der Waals surface area contributed by atoms with Crippen LogP contribution in [0.1, 0.15) is 5.56 Å². The van der Waals surface area contributed by atoms with E-state index in [1.165, 1.54) is 12.4 Å². The molecule has 0 fully saturated rings. The fourth-order valence-electron chi connectivity index (χ4n) is 0.569. The van der Waals surface area contributed by atoms with E-state index in [4.69, 9.17) is 24.7 Å². The molecule has 0 radical (unpaired) electrons. The summed E-state index contributed by atoms with van der Waals surface area (Å²) in [5.74, 6) is 4.33. The summed E-state index contributed by atoms with van der Waals surface area (Å²) >= 11 is -0.472. The molecule has 0 unspecified atom stereocenters. The normalized spacial score (nSPS) is 10.5. The molecule has 0 spiro atoms. The molecule has 0 aliphatic rings. The van der Waals surface area contributed by atoms with Crippen LogP contribution in [0.3, 0.4) is 0 Å². The summed E-state index contributed by atoms with van der Waals surface area (Å²) in [6, 6.07) is 3.11. The molecule has 1 heterocycles. The van der Waals surface area contributed by atoms with Crippen LogP contribution in [0.4, 0.5) is 0 Å². The third kappa shape index (κ3) is 5.86. The first-order valence-corrected chi connectivity index (χ1v) is 8.57. The van der Waals surface area contributed by atoms with Crippen LogP contribution in [0.5, 0.6) is 0 Å². The van der Waals surface area contributed by atoms with Gasteiger partial charge in [0.25, 0.3) is 0 Å². The predicted octanol–water partition coefficient (Wildman–Crippen LogP) is 0.439. The van der Waals surface area contributed by atoms with Gasteiger partial charge in [-0.05, 0) is 17.7 Å². The van der Waals surface area contributed by atoms with Gasteiger partial charge in [-0.1, -0.05) is 0 Å². The fraction of sp³-hybridized carbons (Fsp3) is 0. The predicted molar refractivity (Wildman–Crippen MR) is 46.7 cm³/mol. The van der Waals surface area contributed by atoms with Crippen LogP contribution in [0.15, 0.2) is 29.6 Å². The standard InChI is InChI=1S/C6H7N3O.2ClH.Pt/c7-9-6(10)5-1-3-8-4-2-5;;;/h1-4H,7H2,(H,9,10);2*1H;/q;;;+2/p-3. The summed E-state index contributed by atoms with van der Waals surface area (Å²) < 4.78 is 0. The van der Waals surface area contributed by atoms with Crippen LogP contribution in [0.25, 0.3) is 0 Å². The number of rotatable bonds is 1. The van der Waals surface area contributed by atoms with Gasteiger partial charge >= 0.3 is 35.3 Å². The first kappa shape index (κ1) is 12.7. The van der Waals surface area contributed by atoms with Crippen molar-refractivity contribution in [3.8, 4) is 0 Å². The van der Waals surface area contributed by atoms with E-state index in [1.807, 2.05) is 0 Å². The average molecular weight is 402 g/mol. The molecular weight excluding hydrogens is 396 g/mol. The Balaban J connectivity index is 0.000000424. The molecule has 0 aromatic carbocycles. The van der Waals surface area contributed by atoms with Gasteiger partial charge in [0, 0.05) is 18.3 Å². The molecule has 2 N–H and O–H groups in total. The summed E-state index contributed by atoms with van der Waals surface area (Å²) in [5.41, 5.74) is 0.456. The number of nitrogens with two attached hydrogens (primary N) is 1. The zero-order chi connectivity index (χ0) is 10.1. The van der Waals surface area contributed by atoms with Gasteiger partial charge in [0.1, 0.15) is 0 Å². The number of nitrogens with zero attached hydrogens (tertiary/aromatic N) is 2. The summed E-state index contributed by atoms with van der Waals surface area (Å²) in [7, 11) is 9.75. The van der Waals surface area contributed by atoms with E-state index in [9.17, 15) is 5.11 Å². The number of hydrogen-bond acceptors (Lipinski definition) is 4. The van der Waals surface area contributed by atoms with Crippen molar-refractivity contribution in [2.45, 2.75) is 0 Å². The Morgan fingerprint density at radius 2 is 1.92 bits per heavy atom. The molecule has 0 amide bonds. The second-order valence-corrected chi connectivity index (χ2v) is 5.00. The topological polar surface area (TPSA) is 74.3 Å². The number of aromatic nitrogens is 1. The van der Waals surface area contributed by atoms with Crippen LogP contribution >= 0.6 is 18.8 Å². The summed E-state index contributed by atoms with van der Waals surface area (Å²) in [5, 5.41) is 13.7. The fourth-order valence-corrected chi connectivity index (χ4v) is 0.569. The van der Waals surface area contributed by atoms with Crippen LogP contribution in [-0.2, 0) is 16.5 Å². The van der Waals surface area contributed by atoms with Crippen LogP contribution in [-0.4, -0.2) is 10.9 Å². The quantitative estimate of drug-likeness (QED) is 0.321. The van der Waals surface area contributed by atoms with Crippen molar-refractivity contribution >= 4 is 24.7 Å². The molecule has 4 nitrogen and oxygen atoms in total. The van der Waals surface area contributed by atoms with Gasteiger partial charge in [0.2, 0.25) is 0 Å². The van der Waals surface area contributed by atoms with E-state index in [0.717, 1.165) is 0 Å². The van der Waals surface area contributed by atoms with Crippen LogP contribution < -0.4 is 10.9 Å². The number of hydrazone groups is 1. The molecule has 7 heteroatoms. The molecule has 0 atom stereocenters. The second kappa shape index (κ2) is 8.29. The van der Waals surface area contributed by atoms with E-state index in [-0.39, 0.29) is 0 Å². The van der Waals surface area contributed by atoms with Crippen LogP contribution in [0.2, 0.25) is 0 Å². The van der Waals surface area contributed by atoms with Crippen LogP contribution in [0, 0.1) is 0 Å². The minimum atomic E-state index is -0.472. The van der Waals surface area contributed by atoms with E-state index < -0.39 is 22.4 Å². The Bertz CT molecular complexity index is 257. The SMILES string of the molecule is N/N=C(\[O-])c1ccncc1.[Cl][Pt][Cl]. The van der Waals surface area contributed by atoms with Gasteiger partial charge < -0.3 is 10.9 Å². The third-order valence-electron chi connectivity index (χ3n) is 1.04. The van der Waals surface area contributed by atoms with Gasteiger partial charge in [-0.25, -0.2) is 0 Å². The Morgan fingerprint density at radius 1 is 1.46 bits per heavy atom. The van der Waals surface area contributed by atoms with Gasteiger partial charge in [-0.3, -0.25) is 4.98 Å². The van der Waals surface area contributed by atoms with E-state index in [0.29, 0.717) is 5.56 Å². The molecule has 1 aromatic heterocycles. The van der Waals surface area contributed by atoms with Gasteiger partial charge in [-0.15, -0.1) is 0 Å². The molecule has 1 rings (SSSR count). The van der Waals surface area contributed by atoms with Crippen molar-refractivity contribution in [2.75, 3.05) is 0 Å². The molecular formula is C6H6Cl2N3OPt-. The zero-order valence-corrected chi connectivity index (χ0v) is 10.0. The van der Waals surface area contributed by atoms with E-state index in [2.05, 4.69) is 10.1 Å². The van der Waals surface area contributed by atoms with Crippen molar-refractivity contribution in [3.63, 3.8) is 0 Å². The molecule has 0 aliphatic heterocycles. The Hall–Kier alpha value is -0.312. The number of pyridine rings is 1. The van der Waals surface area contributed by atoms with Gasteiger partial charge in [-0.2, -0.15) is 5.10 Å². The van der Waals surface area contributed by atoms with Crippen molar-refractivity contribution in [3.05, 3.63) is 30.1 Å². The molecule has 1 aromatic rings. The maximum absolute atomic E-state index is 10.7. The molecule has 13 heavy (non-hydrogen) atoms. The zero-order valence-electron chi connectivity index (χ0n) is 6.26. The molecule has 0 bridgehead atoms. The Labute approximate surface area is 92.1 Å². The number of halogens is 2. The molecule has 0 aliphatic carbocycles. The minimum absolute atomic E-state index is 0.428. The maximum atomic E-state index is 10.7.